The van der Waals surface area contributed by atoms with Crippen molar-refractivity contribution in [3.8, 4) is 0 Å². The van der Waals surface area contributed by atoms with E-state index in [1.54, 1.807) is 18.4 Å². The van der Waals surface area contributed by atoms with Gasteiger partial charge in [-0.1, -0.05) is 6.92 Å². The molecule has 0 aliphatic rings. The molecule has 2 heterocycles. The van der Waals surface area contributed by atoms with Crippen LogP contribution in [0, 0.1) is 0 Å². The second kappa shape index (κ2) is 9.22. The summed E-state index contributed by atoms with van der Waals surface area (Å²) in [5.41, 5.74) is 1.17. The van der Waals surface area contributed by atoms with Crippen molar-refractivity contribution in [2.24, 2.45) is 4.99 Å². The van der Waals surface area contributed by atoms with Gasteiger partial charge >= 0.3 is 0 Å². The molecule has 2 N–H and O–H groups in total. The van der Waals surface area contributed by atoms with Crippen molar-refractivity contribution in [3.05, 3.63) is 40.0 Å². The predicted octanol–water partition coefficient (Wildman–Crippen LogP) is 2.07. The molecule has 0 bridgehead atoms. The quantitative estimate of drug-likeness (QED) is 0.593. The van der Waals surface area contributed by atoms with E-state index in [0.717, 1.165) is 31.2 Å². The molecule has 0 atom stereocenters. The Balaban J connectivity index is 1.79. The fraction of sp³-hybridized carbons (Fsp3) is 0.471. The third-order valence-electron chi connectivity index (χ3n) is 3.53. The predicted molar refractivity (Wildman–Crippen MR) is 102 cm³/mol. The lowest BCUT2D eigenvalue weighted by molar-refractivity contribution is 0.791. The Labute approximate surface area is 148 Å². The lowest BCUT2D eigenvalue weighted by atomic mass is 10.2. The molecule has 2 aromatic rings. The van der Waals surface area contributed by atoms with E-state index in [0.29, 0.717) is 6.54 Å². The second-order valence-corrected chi connectivity index (χ2v) is 6.79. The molecule has 7 heteroatoms. The molecule has 2 rings (SSSR count). The monoisotopic (exact) mass is 346 g/mol. The molecule has 0 spiro atoms. The van der Waals surface area contributed by atoms with Crippen molar-refractivity contribution in [2.45, 2.75) is 26.3 Å². The first-order valence-electron chi connectivity index (χ1n) is 8.12. The number of aliphatic imine (C=N–C) groups is 1. The average Bonchev–Trinajstić information content (AvgIpc) is 3.06. The van der Waals surface area contributed by atoms with Gasteiger partial charge in [0.2, 0.25) is 0 Å². The van der Waals surface area contributed by atoms with Crippen LogP contribution in [0.2, 0.25) is 0 Å². The summed E-state index contributed by atoms with van der Waals surface area (Å²) < 4.78 is 0. The highest BCUT2D eigenvalue weighted by atomic mass is 32.1. The highest BCUT2D eigenvalue weighted by molar-refractivity contribution is 7.11. The van der Waals surface area contributed by atoms with Crippen LogP contribution in [0.5, 0.6) is 0 Å². The van der Waals surface area contributed by atoms with E-state index >= 15 is 0 Å². The van der Waals surface area contributed by atoms with Gasteiger partial charge in [-0.3, -0.25) is 4.99 Å². The normalized spacial score (nSPS) is 11.4. The number of hydrogen-bond acceptors (Lipinski definition) is 5. The zero-order chi connectivity index (χ0) is 17.4. The van der Waals surface area contributed by atoms with Gasteiger partial charge in [0.1, 0.15) is 5.82 Å². The van der Waals surface area contributed by atoms with E-state index in [-0.39, 0.29) is 0 Å². The van der Waals surface area contributed by atoms with Crippen LogP contribution in [0.25, 0.3) is 0 Å². The van der Waals surface area contributed by atoms with E-state index < -0.39 is 0 Å². The Morgan fingerprint density at radius 3 is 2.79 bits per heavy atom. The van der Waals surface area contributed by atoms with Gasteiger partial charge in [0.05, 0.1) is 5.01 Å². The fourth-order valence-electron chi connectivity index (χ4n) is 2.14. The third-order valence-corrected chi connectivity index (χ3v) is 4.73. The molecule has 0 fully saturated rings. The number of nitrogens with one attached hydrogen (secondary N) is 2. The summed E-state index contributed by atoms with van der Waals surface area (Å²) in [6.45, 7) is 3.68. The summed E-state index contributed by atoms with van der Waals surface area (Å²) in [4.78, 5) is 16.4. The standard InChI is InChI=1S/C17H26N6S/c1-5-14-12-21-16(24-14)7-9-20-17(18-2)22-11-13-6-8-19-15(10-13)23(3)4/h6,8,10,12H,5,7,9,11H2,1-4H3,(H2,18,20,22). The summed E-state index contributed by atoms with van der Waals surface area (Å²) in [5, 5.41) is 7.83. The SMILES string of the molecule is CCc1cnc(CCNC(=NC)NCc2ccnc(N(C)C)c2)s1. The molecule has 0 saturated heterocycles. The van der Waals surface area contributed by atoms with E-state index in [1.807, 2.05) is 37.5 Å². The Hall–Kier alpha value is -2.15. The van der Waals surface area contributed by atoms with Crippen LogP contribution in [0.3, 0.4) is 0 Å². The largest absolute Gasteiger partial charge is 0.363 e. The van der Waals surface area contributed by atoms with Crippen LogP contribution in [0.4, 0.5) is 5.82 Å². The van der Waals surface area contributed by atoms with Crippen LogP contribution in [0.1, 0.15) is 22.4 Å². The lowest BCUT2D eigenvalue weighted by Crippen LogP contribution is -2.37. The average molecular weight is 347 g/mol. The maximum absolute atomic E-state index is 4.44. The van der Waals surface area contributed by atoms with Crippen LogP contribution in [-0.4, -0.2) is 43.6 Å². The number of pyridine rings is 1. The molecule has 0 aromatic carbocycles. The molecule has 0 amide bonds. The second-order valence-electron chi connectivity index (χ2n) is 5.59. The van der Waals surface area contributed by atoms with Crippen molar-refractivity contribution in [1.29, 1.82) is 0 Å². The summed E-state index contributed by atoms with van der Waals surface area (Å²) in [6.07, 6.45) is 5.76. The van der Waals surface area contributed by atoms with E-state index in [2.05, 4.69) is 38.6 Å². The summed E-state index contributed by atoms with van der Waals surface area (Å²) in [6, 6.07) is 4.08. The molecular formula is C17H26N6S. The van der Waals surface area contributed by atoms with Crippen LogP contribution in [0.15, 0.2) is 29.5 Å². The Bertz CT molecular complexity index is 665. The zero-order valence-corrected chi connectivity index (χ0v) is 15.7. The molecule has 2 aromatic heterocycles. The minimum absolute atomic E-state index is 0.709. The van der Waals surface area contributed by atoms with Gasteiger partial charge in [0.15, 0.2) is 5.96 Å². The van der Waals surface area contributed by atoms with E-state index in [4.69, 9.17) is 0 Å². The molecule has 0 radical (unpaired) electrons. The number of anilines is 1. The van der Waals surface area contributed by atoms with Gasteiger partial charge < -0.3 is 15.5 Å². The highest BCUT2D eigenvalue weighted by Crippen LogP contribution is 2.13. The minimum atomic E-state index is 0.709. The van der Waals surface area contributed by atoms with Crippen molar-refractivity contribution in [1.82, 2.24) is 20.6 Å². The molecule has 24 heavy (non-hydrogen) atoms. The fourth-order valence-corrected chi connectivity index (χ4v) is 3.00. The van der Waals surface area contributed by atoms with E-state index in [9.17, 15) is 0 Å². The van der Waals surface area contributed by atoms with Crippen molar-refractivity contribution >= 4 is 23.1 Å². The van der Waals surface area contributed by atoms with Gasteiger partial charge in [0, 0.05) is 57.9 Å². The Morgan fingerprint density at radius 2 is 2.12 bits per heavy atom. The van der Waals surface area contributed by atoms with Gasteiger partial charge in [-0.15, -0.1) is 11.3 Å². The summed E-state index contributed by atoms with van der Waals surface area (Å²) in [7, 11) is 5.76. The molecular weight excluding hydrogens is 320 g/mol. The molecule has 6 nitrogen and oxygen atoms in total. The molecule has 0 aliphatic carbocycles. The van der Waals surface area contributed by atoms with Crippen LogP contribution < -0.4 is 15.5 Å². The number of guanidine groups is 1. The zero-order valence-electron chi connectivity index (χ0n) is 14.8. The number of rotatable bonds is 7. The molecule has 0 aliphatic heterocycles. The Morgan fingerprint density at radius 1 is 1.29 bits per heavy atom. The van der Waals surface area contributed by atoms with Gasteiger partial charge in [-0.05, 0) is 24.1 Å². The maximum atomic E-state index is 4.44. The lowest BCUT2D eigenvalue weighted by Gasteiger charge is -2.14. The number of nitrogens with zero attached hydrogens (tertiary/aromatic N) is 4. The van der Waals surface area contributed by atoms with E-state index in [1.165, 1.54) is 15.4 Å². The van der Waals surface area contributed by atoms with Crippen molar-refractivity contribution < 1.29 is 0 Å². The van der Waals surface area contributed by atoms with Crippen molar-refractivity contribution in [2.75, 3.05) is 32.6 Å². The Kier molecular flexibility index (Phi) is 6.99. The first-order valence-corrected chi connectivity index (χ1v) is 8.94. The number of thiazole rings is 1. The minimum Gasteiger partial charge on any atom is -0.363 e. The third kappa shape index (κ3) is 5.49. The highest BCUT2D eigenvalue weighted by Gasteiger charge is 2.03. The maximum Gasteiger partial charge on any atom is 0.191 e. The first-order chi connectivity index (χ1) is 11.6. The van der Waals surface area contributed by atoms with Crippen LogP contribution in [-0.2, 0) is 19.4 Å². The smallest absolute Gasteiger partial charge is 0.191 e. The van der Waals surface area contributed by atoms with Crippen molar-refractivity contribution in [3.63, 3.8) is 0 Å². The number of aryl methyl sites for hydroxylation is 1. The number of aromatic nitrogens is 2. The number of hydrogen-bond donors (Lipinski definition) is 2. The van der Waals surface area contributed by atoms with Gasteiger partial charge in [0.25, 0.3) is 0 Å². The molecule has 0 unspecified atom stereocenters. The van der Waals surface area contributed by atoms with Gasteiger partial charge in [-0.2, -0.15) is 0 Å². The summed E-state index contributed by atoms with van der Waals surface area (Å²) in [5.74, 6) is 1.75. The molecule has 0 saturated carbocycles. The van der Waals surface area contributed by atoms with Gasteiger partial charge in [-0.25, -0.2) is 9.97 Å². The van der Waals surface area contributed by atoms with Crippen LogP contribution >= 0.6 is 11.3 Å². The summed E-state index contributed by atoms with van der Waals surface area (Å²) >= 11 is 1.78. The molecule has 130 valence electrons. The topological polar surface area (TPSA) is 65.4 Å². The first kappa shape index (κ1) is 18.2.